The standard InChI is InChI=1S/C23H20ClN3/c1-16(18-10-6-3-7-11-18)25-23-20-13-12-19(24)15-21(20)26-22(27-23)14-17-8-4-2-5-9-17/h2-13,15-16H,14H2,1H3,(H,25,26,27). The molecule has 4 aromatic rings. The van der Waals surface area contributed by atoms with Gasteiger partial charge in [0, 0.05) is 22.9 Å². The Balaban J connectivity index is 1.73. The first-order chi connectivity index (χ1) is 13.2. The van der Waals surface area contributed by atoms with Gasteiger partial charge < -0.3 is 5.32 Å². The maximum atomic E-state index is 6.20. The van der Waals surface area contributed by atoms with E-state index in [-0.39, 0.29) is 6.04 Å². The lowest BCUT2D eigenvalue weighted by molar-refractivity contribution is 0.867. The average molecular weight is 374 g/mol. The highest BCUT2D eigenvalue weighted by Gasteiger charge is 2.12. The first-order valence-corrected chi connectivity index (χ1v) is 9.38. The highest BCUT2D eigenvalue weighted by atomic mass is 35.5. The molecule has 0 spiro atoms. The van der Waals surface area contributed by atoms with Crippen LogP contribution in [0.1, 0.15) is 29.9 Å². The number of nitrogens with one attached hydrogen (secondary N) is 1. The topological polar surface area (TPSA) is 37.8 Å². The van der Waals surface area contributed by atoms with Gasteiger partial charge in [-0.2, -0.15) is 0 Å². The Morgan fingerprint density at radius 3 is 2.33 bits per heavy atom. The lowest BCUT2D eigenvalue weighted by Crippen LogP contribution is -2.10. The molecule has 27 heavy (non-hydrogen) atoms. The summed E-state index contributed by atoms with van der Waals surface area (Å²) in [5.41, 5.74) is 3.25. The van der Waals surface area contributed by atoms with Gasteiger partial charge in [-0.1, -0.05) is 72.3 Å². The van der Waals surface area contributed by atoms with Crippen LogP contribution in [-0.2, 0) is 6.42 Å². The molecule has 3 nitrogen and oxygen atoms in total. The largest absolute Gasteiger partial charge is 0.363 e. The van der Waals surface area contributed by atoms with Crippen molar-refractivity contribution in [2.45, 2.75) is 19.4 Å². The molecule has 0 saturated carbocycles. The number of rotatable bonds is 5. The predicted octanol–water partition coefficient (Wildman–Crippen LogP) is 6.05. The number of nitrogens with zero attached hydrogens (tertiary/aromatic N) is 2. The molecule has 0 bridgehead atoms. The van der Waals surface area contributed by atoms with Gasteiger partial charge in [0.25, 0.3) is 0 Å². The van der Waals surface area contributed by atoms with Crippen LogP contribution in [0.3, 0.4) is 0 Å². The van der Waals surface area contributed by atoms with E-state index in [1.807, 2.05) is 54.6 Å². The maximum Gasteiger partial charge on any atom is 0.138 e. The molecule has 4 heteroatoms. The molecule has 4 rings (SSSR count). The summed E-state index contributed by atoms with van der Waals surface area (Å²) in [6, 6.07) is 26.5. The minimum absolute atomic E-state index is 0.129. The van der Waals surface area contributed by atoms with E-state index >= 15 is 0 Å². The first-order valence-electron chi connectivity index (χ1n) is 9.00. The second-order valence-corrected chi connectivity index (χ2v) is 7.03. The van der Waals surface area contributed by atoms with E-state index in [2.05, 4.69) is 36.5 Å². The van der Waals surface area contributed by atoms with E-state index < -0.39 is 0 Å². The van der Waals surface area contributed by atoms with Gasteiger partial charge in [-0.05, 0) is 36.2 Å². The molecule has 1 atom stereocenters. The van der Waals surface area contributed by atoms with Gasteiger partial charge >= 0.3 is 0 Å². The molecule has 1 heterocycles. The molecular weight excluding hydrogens is 354 g/mol. The van der Waals surface area contributed by atoms with E-state index in [1.54, 1.807) is 0 Å². The predicted molar refractivity (Wildman–Crippen MR) is 112 cm³/mol. The molecule has 0 amide bonds. The number of aromatic nitrogens is 2. The normalized spacial score (nSPS) is 12.1. The van der Waals surface area contributed by atoms with Crippen LogP contribution in [0.15, 0.2) is 78.9 Å². The first kappa shape index (κ1) is 17.5. The summed E-state index contributed by atoms with van der Waals surface area (Å²) in [5.74, 6) is 1.61. The summed E-state index contributed by atoms with van der Waals surface area (Å²) in [6.07, 6.45) is 0.678. The molecule has 0 saturated heterocycles. The zero-order chi connectivity index (χ0) is 18.6. The van der Waals surface area contributed by atoms with Crippen molar-refractivity contribution >= 4 is 28.3 Å². The van der Waals surface area contributed by atoms with Gasteiger partial charge in [-0.25, -0.2) is 9.97 Å². The number of hydrogen-bond acceptors (Lipinski definition) is 3. The molecule has 0 radical (unpaired) electrons. The Kier molecular flexibility index (Phi) is 5.03. The summed E-state index contributed by atoms with van der Waals surface area (Å²) in [7, 11) is 0. The van der Waals surface area contributed by atoms with Gasteiger partial charge in [0.15, 0.2) is 0 Å². The molecule has 1 N–H and O–H groups in total. The summed E-state index contributed by atoms with van der Waals surface area (Å²) in [5, 5.41) is 5.20. The third kappa shape index (κ3) is 4.09. The van der Waals surface area contributed by atoms with Crippen molar-refractivity contribution in [3.63, 3.8) is 0 Å². The Morgan fingerprint density at radius 2 is 1.59 bits per heavy atom. The monoisotopic (exact) mass is 373 g/mol. The summed E-state index contributed by atoms with van der Waals surface area (Å²) < 4.78 is 0. The number of anilines is 1. The Hall–Kier alpha value is -2.91. The van der Waals surface area contributed by atoms with Gasteiger partial charge in [-0.3, -0.25) is 0 Å². The highest BCUT2D eigenvalue weighted by Crippen LogP contribution is 2.27. The average Bonchev–Trinajstić information content (AvgIpc) is 2.69. The lowest BCUT2D eigenvalue weighted by Gasteiger charge is -2.17. The summed E-state index contributed by atoms with van der Waals surface area (Å²) >= 11 is 6.20. The van der Waals surface area contributed by atoms with Crippen molar-refractivity contribution in [3.05, 3.63) is 101 Å². The van der Waals surface area contributed by atoms with Crippen LogP contribution in [-0.4, -0.2) is 9.97 Å². The van der Waals surface area contributed by atoms with Crippen LogP contribution in [0.4, 0.5) is 5.82 Å². The molecule has 3 aromatic carbocycles. The number of fused-ring (bicyclic) bond motifs is 1. The quantitative estimate of drug-likeness (QED) is 0.463. The van der Waals surface area contributed by atoms with E-state index in [0.717, 1.165) is 22.5 Å². The van der Waals surface area contributed by atoms with Crippen molar-refractivity contribution < 1.29 is 0 Å². The lowest BCUT2D eigenvalue weighted by atomic mass is 10.1. The van der Waals surface area contributed by atoms with E-state index in [1.165, 1.54) is 11.1 Å². The molecule has 1 unspecified atom stereocenters. The smallest absolute Gasteiger partial charge is 0.138 e. The van der Waals surface area contributed by atoms with E-state index in [4.69, 9.17) is 21.6 Å². The number of benzene rings is 3. The van der Waals surface area contributed by atoms with Crippen LogP contribution in [0.25, 0.3) is 10.9 Å². The Morgan fingerprint density at radius 1 is 0.889 bits per heavy atom. The Labute approximate surface area is 164 Å². The van der Waals surface area contributed by atoms with Crippen LogP contribution in [0.2, 0.25) is 5.02 Å². The fourth-order valence-electron chi connectivity index (χ4n) is 3.15. The second-order valence-electron chi connectivity index (χ2n) is 6.59. The summed E-state index contributed by atoms with van der Waals surface area (Å²) in [6.45, 7) is 2.13. The molecule has 134 valence electrons. The molecule has 0 aliphatic rings. The molecule has 0 aliphatic carbocycles. The number of halogens is 1. The van der Waals surface area contributed by atoms with Crippen molar-refractivity contribution in [2.75, 3.05) is 5.32 Å². The minimum atomic E-state index is 0.129. The van der Waals surface area contributed by atoms with Gasteiger partial charge in [0.2, 0.25) is 0 Å². The van der Waals surface area contributed by atoms with Gasteiger partial charge in [0.1, 0.15) is 11.6 Å². The molecule has 1 aromatic heterocycles. The highest BCUT2D eigenvalue weighted by molar-refractivity contribution is 6.31. The van der Waals surface area contributed by atoms with E-state index in [9.17, 15) is 0 Å². The minimum Gasteiger partial charge on any atom is -0.363 e. The zero-order valence-corrected chi connectivity index (χ0v) is 15.8. The van der Waals surface area contributed by atoms with Crippen LogP contribution in [0, 0.1) is 0 Å². The Bertz CT molecular complexity index is 1050. The fraction of sp³-hybridized carbons (Fsp3) is 0.130. The van der Waals surface area contributed by atoms with Gasteiger partial charge in [-0.15, -0.1) is 0 Å². The van der Waals surface area contributed by atoms with Crippen molar-refractivity contribution in [2.24, 2.45) is 0 Å². The van der Waals surface area contributed by atoms with Crippen LogP contribution in [0.5, 0.6) is 0 Å². The van der Waals surface area contributed by atoms with Crippen LogP contribution >= 0.6 is 11.6 Å². The van der Waals surface area contributed by atoms with Crippen molar-refractivity contribution in [1.29, 1.82) is 0 Å². The summed E-state index contributed by atoms with van der Waals surface area (Å²) in [4.78, 5) is 9.56. The maximum absolute atomic E-state index is 6.20. The van der Waals surface area contributed by atoms with E-state index in [0.29, 0.717) is 11.4 Å². The third-order valence-electron chi connectivity index (χ3n) is 4.56. The fourth-order valence-corrected chi connectivity index (χ4v) is 3.31. The third-order valence-corrected chi connectivity index (χ3v) is 4.80. The van der Waals surface area contributed by atoms with Crippen LogP contribution < -0.4 is 5.32 Å². The number of hydrogen-bond donors (Lipinski definition) is 1. The van der Waals surface area contributed by atoms with Gasteiger partial charge in [0.05, 0.1) is 5.52 Å². The van der Waals surface area contributed by atoms with Crippen molar-refractivity contribution in [3.8, 4) is 0 Å². The van der Waals surface area contributed by atoms with Crippen molar-refractivity contribution in [1.82, 2.24) is 9.97 Å². The molecular formula is C23H20ClN3. The molecule has 0 fully saturated rings. The zero-order valence-electron chi connectivity index (χ0n) is 15.1. The SMILES string of the molecule is CC(Nc1nc(Cc2ccccc2)nc2cc(Cl)ccc12)c1ccccc1. The second kappa shape index (κ2) is 7.77. The molecule has 0 aliphatic heterocycles.